The monoisotopic (exact) mass is 572 g/mol. The van der Waals surface area contributed by atoms with Gasteiger partial charge in [-0.2, -0.15) is 0 Å². The first kappa shape index (κ1) is 27.4. The summed E-state index contributed by atoms with van der Waals surface area (Å²) < 4.78 is 0. The van der Waals surface area contributed by atoms with E-state index in [-0.39, 0.29) is 5.56 Å². The Hall–Kier alpha value is -5.48. The van der Waals surface area contributed by atoms with Crippen LogP contribution >= 0.6 is 0 Å². The fourth-order valence-corrected chi connectivity index (χ4v) is 6.34. The molecule has 1 heterocycles. The summed E-state index contributed by atoms with van der Waals surface area (Å²) in [4.78, 5) is 17.6. The summed E-state index contributed by atoms with van der Waals surface area (Å²) in [5.74, 6) is 0.311. The second-order valence-electron chi connectivity index (χ2n) is 11.2. The molecule has 2 aliphatic carbocycles. The number of benzene rings is 5. The van der Waals surface area contributed by atoms with Crippen LogP contribution in [0.2, 0.25) is 0 Å². The Morgan fingerprint density at radius 1 is 0.727 bits per heavy atom. The van der Waals surface area contributed by atoms with Crippen molar-refractivity contribution in [3.05, 3.63) is 160 Å². The zero-order valence-corrected chi connectivity index (χ0v) is 24.3. The molecule has 5 aromatic carbocycles. The highest BCUT2D eigenvalue weighted by Gasteiger charge is 2.21. The minimum absolute atomic E-state index is 0.0874. The number of rotatable bonds is 3. The maximum Gasteiger partial charge on any atom is 0.258 e. The lowest BCUT2D eigenvalue weighted by Gasteiger charge is -2.26. The van der Waals surface area contributed by atoms with Crippen molar-refractivity contribution < 1.29 is 5.11 Å². The van der Waals surface area contributed by atoms with Crippen molar-refractivity contribution in [2.24, 2.45) is 0 Å². The van der Waals surface area contributed by atoms with Gasteiger partial charge in [-0.3, -0.25) is 4.79 Å². The molecule has 0 aliphatic heterocycles. The van der Waals surface area contributed by atoms with Gasteiger partial charge in [0.1, 0.15) is 5.75 Å². The lowest BCUT2D eigenvalue weighted by atomic mass is 9.79. The van der Waals surface area contributed by atoms with Gasteiger partial charge in [0.2, 0.25) is 0 Å². The molecule has 0 saturated carbocycles. The molecule has 0 unspecified atom stereocenters. The van der Waals surface area contributed by atoms with E-state index in [9.17, 15) is 9.90 Å². The predicted molar refractivity (Wildman–Crippen MR) is 182 cm³/mol. The molecule has 44 heavy (non-hydrogen) atoms. The number of aromatic nitrogens is 2. The van der Waals surface area contributed by atoms with Gasteiger partial charge in [0.25, 0.3) is 5.56 Å². The van der Waals surface area contributed by atoms with Crippen LogP contribution in [0.1, 0.15) is 41.5 Å². The molecule has 214 valence electrons. The third-order valence-corrected chi connectivity index (χ3v) is 8.54. The number of hydrogen-bond donors (Lipinski definition) is 2. The fourth-order valence-electron chi connectivity index (χ4n) is 6.34. The SMILES string of the molecule is O=c1[nH]cnc2ccccc12.Oc1ccccc1-c1cc2ccc3c(c2cc1C=Cc1ccccc1)CCC1=C3C=CCC1. The molecule has 0 amide bonds. The number of para-hydroxylation sites is 2. The number of phenols is 1. The zero-order chi connectivity index (χ0) is 29.9. The highest BCUT2D eigenvalue weighted by Crippen LogP contribution is 2.42. The standard InChI is InChI=1S/C32H26O.C8H6N2O/c33-32-13-7-6-12-29(32)31-21-25-17-19-27-26-11-5-4-10-23(26)16-18-28(27)30(25)20-24(31)15-14-22-8-2-1-3-9-22;11-8-6-3-1-2-4-7(6)9-5-10-8/h1-3,5-9,11-15,17,19-21,33H,4,10,16,18H2;1-5H,(H,9,10,11). The molecule has 8 rings (SSSR count). The van der Waals surface area contributed by atoms with Crippen molar-refractivity contribution in [1.29, 1.82) is 0 Å². The third kappa shape index (κ3) is 5.38. The Labute approximate surface area is 256 Å². The number of phenolic OH excluding ortho intramolecular Hbond substituents is 1. The Kier molecular flexibility index (Phi) is 7.47. The van der Waals surface area contributed by atoms with Gasteiger partial charge < -0.3 is 10.1 Å². The predicted octanol–water partition coefficient (Wildman–Crippen LogP) is 9.36. The molecule has 0 atom stereocenters. The number of aromatic hydroxyl groups is 1. The van der Waals surface area contributed by atoms with Crippen LogP contribution in [0.25, 0.3) is 50.5 Å². The van der Waals surface area contributed by atoms with Gasteiger partial charge in [0.05, 0.1) is 17.2 Å². The molecular formula is C40H32N2O2. The van der Waals surface area contributed by atoms with Crippen molar-refractivity contribution in [1.82, 2.24) is 9.97 Å². The van der Waals surface area contributed by atoms with Crippen molar-refractivity contribution in [2.75, 3.05) is 0 Å². The summed E-state index contributed by atoms with van der Waals surface area (Å²) in [5, 5.41) is 13.8. The molecule has 4 nitrogen and oxygen atoms in total. The Morgan fingerprint density at radius 3 is 2.41 bits per heavy atom. The van der Waals surface area contributed by atoms with E-state index in [0.717, 1.165) is 40.6 Å². The first-order chi connectivity index (χ1) is 21.7. The lowest BCUT2D eigenvalue weighted by molar-refractivity contribution is 0.477. The first-order valence-electron chi connectivity index (χ1n) is 15.1. The summed E-state index contributed by atoms with van der Waals surface area (Å²) in [6.07, 6.45) is 15.0. The Bertz CT molecular complexity index is 2150. The Balaban J connectivity index is 0.000000239. The largest absolute Gasteiger partial charge is 0.507 e. The van der Waals surface area contributed by atoms with E-state index < -0.39 is 0 Å². The number of fused-ring (bicyclic) bond motifs is 5. The van der Waals surface area contributed by atoms with Gasteiger partial charge in [-0.15, -0.1) is 0 Å². The number of aromatic amines is 1. The zero-order valence-electron chi connectivity index (χ0n) is 24.3. The molecular weight excluding hydrogens is 540 g/mol. The summed E-state index contributed by atoms with van der Waals surface area (Å²) >= 11 is 0. The first-order valence-corrected chi connectivity index (χ1v) is 15.1. The fraction of sp³-hybridized carbons (Fsp3) is 0.100. The second-order valence-corrected chi connectivity index (χ2v) is 11.2. The molecule has 0 spiro atoms. The van der Waals surface area contributed by atoms with Crippen LogP contribution in [0.3, 0.4) is 0 Å². The summed E-state index contributed by atoms with van der Waals surface area (Å²) in [6.45, 7) is 0. The molecule has 0 fully saturated rings. The van der Waals surface area contributed by atoms with Gasteiger partial charge >= 0.3 is 0 Å². The second kappa shape index (κ2) is 12.0. The summed E-state index contributed by atoms with van der Waals surface area (Å²) in [6, 6.07) is 34.4. The number of allylic oxidation sites excluding steroid dienone is 4. The molecule has 4 heteroatoms. The molecule has 0 radical (unpaired) electrons. The molecule has 0 saturated heterocycles. The topological polar surface area (TPSA) is 66.0 Å². The van der Waals surface area contributed by atoms with E-state index in [1.54, 1.807) is 17.7 Å². The third-order valence-electron chi connectivity index (χ3n) is 8.54. The van der Waals surface area contributed by atoms with Gasteiger partial charge in [-0.25, -0.2) is 4.98 Å². The van der Waals surface area contributed by atoms with E-state index in [1.165, 1.54) is 46.6 Å². The van der Waals surface area contributed by atoms with Crippen LogP contribution in [0, 0.1) is 0 Å². The number of aryl methyl sites for hydroxylation is 1. The van der Waals surface area contributed by atoms with Crippen LogP contribution < -0.4 is 5.56 Å². The average molecular weight is 573 g/mol. The summed E-state index contributed by atoms with van der Waals surface area (Å²) in [5.41, 5.74) is 10.8. The molecule has 0 bridgehead atoms. The minimum atomic E-state index is -0.0874. The van der Waals surface area contributed by atoms with Crippen molar-refractivity contribution in [3.63, 3.8) is 0 Å². The smallest absolute Gasteiger partial charge is 0.258 e. The van der Waals surface area contributed by atoms with E-state index in [0.29, 0.717) is 11.1 Å². The van der Waals surface area contributed by atoms with E-state index >= 15 is 0 Å². The van der Waals surface area contributed by atoms with Crippen LogP contribution in [0.4, 0.5) is 0 Å². The number of nitrogens with one attached hydrogen (secondary N) is 1. The highest BCUT2D eigenvalue weighted by atomic mass is 16.3. The van der Waals surface area contributed by atoms with Crippen LogP contribution in [-0.4, -0.2) is 15.1 Å². The molecule has 1 aromatic heterocycles. The maximum absolute atomic E-state index is 11.1. The molecule has 6 aromatic rings. The quantitative estimate of drug-likeness (QED) is 0.208. The van der Waals surface area contributed by atoms with Gasteiger partial charge in [-0.1, -0.05) is 103 Å². The Morgan fingerprint density at radius 2 is 1.55 bits per heavy atom. The van der Waals surface area contributed by atoms with Crippen LogP contribution in [0.15, 0.2) is 132 Å². The van der Waals surface area contributed by atoms with Crippen LogP contribution in [0.5, 0.6) is 5.75 Å². The van der Waals surface area contributed by atoms with Gasteiger partial charge in [-0.05, 0) is 100 Å². The molecule has 2 N–H and O–H groups in total. The number of hydrogen-bond acceptors (Lipinski definition) is 3. The average Bonchev–Trinajstić information content (AvgIpc) is 3.08. The minimum Gasteiger partial charge on any atom is -0.507 e. The van der Waals surface area contributed by atoms with Crippen molar-refractivity contribution in [2.45, 2.75) is 25.7 Å². The van der Waals surface area contributed by atoms with Gasteiger partial charge in [0, 0.05) is 5.56 Å². The van der Waals surface area contributed by atoms with E-state index in [1.807, 2.05) is 42.5 Å². The van der Waals surface area contributed by atoms with Crippen LogP contribution in [-0.2, 0) is 6.42 Å². The van der Waals surface area contributed by atoms with E-state index in [4.69, 9.17) is 0 Å². The normalized spacial score (nSPS) is 13.9. The van der Waals surface area contributed by atoms with Crippen molar-refractivity contribution >= 4 is 39.4 Å². The molecule has 2 aliphatic rings. The van der Waals surface area contributed by atoms with Crippen molar-refractivity contribution in [3.8, 4) is 16.9 Å². The van der Waals surface area contributed by atoms with E-state index in [2.05, 4.69) is 82.8 Å². The highest BCUT2D eigenvalue weighted by molar-refractivity contribution is 5.99. The maximum atomic E-state index is 11.1. The number of nitrogens with zero attached hydrogens (tertiary/aromatic N) is 1. The summed E-state index contributed by atoms with van der Waals surface area (Å²) in [7, 11) is 0. The number of H-pyrrole nitrogens is 1. The van der Waals surface area contributed by atoms with Gasteiger partial charge in [0.15, 0.2) is 0 Å². The lowest BCUT2D eigenvalue weighted by Crippen LogP contribution is -2.07.